The Morgan fingerprint density at radius 3 is 2.76 bits per heavy atom. The monoisotopic (exact) mass is 300 g/mol. The van der Waals surface area contributed by atoms with Gasteiger partial charge in [0, 0.05) is 17.1 Å². The van der Waals surface area contributed by atoms with Crippen molar-refractivity contribution in [1.29, 1.82) is 0 Å². The van der Waals surface area contributed by atoms with E-state index in [1.165, 1.54) is 0 Å². The Kier molecular flexibility index (Phi) is 3.95. The first-order valence-corrected chi connectivity index (χ1v) is 7.40. The molecule has 2 aromatic rings. The molecule has 4 heteroatoms. The number of nitrogens with one attached hydrogen (secondary N) is 2. The minimum absolute atomic E-state index is 0.0130. The highest BCUT2D eigenvalue weighted by molar-refractivity contribution is 6.30. The fourth-order valence-corrected chi connectivity index (χ4v) is 3.02. The van der Waals surface area contributed by atoms with Gasteiger partial charge in [-0.3, -0.25) is 4.79 Å². The van der Waals surface area contributed by atoms with Crippen molar-refractivity contribution in [3.63, 3.8) is 0 Å². The second-order valence-corrected chi connectivity index (χ2v) is 5.64. The zero-order chi connectivity index (χ0) is 14.8. The molecule has 1 unspecified atom stereocenters. The van der Waals surface area contributed by atoms with E-state index in [2.05, 4.69) is 22.8 Å². The number of rotatable bonds is 3. The molecule has 0 spiro atoms. The average molecular weight is 301 g/mol. The molecule has 2 aromatic carbocycles. The third kappa shape index (κ3) is 2.80. The van der Waals surface area contributed by atoms with Crippen LogP contribution in [0.3, 0.4) is 0 Å². The van der Waals surface area contributed by atoms with Crippen LogP contribution < -0.4 is 10.6 Å². The number of carbonyl (C=O) groups is 1. The predicted molar refractivity (Wildman–Crippen MR) is 84.8 cm³/mol. The summed E-state index contributed by atoms with van der Waals surface area (Å²) in [4.78, 5) is 12.0. The highest BCUT2D eigenvalue weighted by Gasteiger charge is 2.19. The fourth-order valence-electron chi connectivity index (χ4n) is 2.82. The second kappa shape index (κ2) is 5.88. The Morgan fingerprint density at radius 1 is 1.19 bits per heavy atom. The Bertz CT molecular complexity index is 684. The zero-order valence-corrected chi connectivity index (χ0v) is 12.6. The molecule has 1 aliphatic rings. The SMILES string of the molecule is CNC(c1cccc(Cl)c1)c1ccc2c(c1)C(=O)NCC2. The normalized spacial score (nSPS) is 15.2. The van der Waals surface area contributed by atoms with E-state index in [0.29, 0.717) is 5.02 Å². The molecule has 3 nitrogen and oxygen atoms in total. The van der Waals surface area contributed by atoms with E-state index in [1.807, 2.05) is 37.4 Å². The van der Waals surface area contributed by atoms with Crippen LogP contribution in [0.4, 0.5) is 0 Å². The van der Waals surface area contributed by atoms with Gasteiger partial charge in [-0.05, 0) is 48.4 Å². The summed E-state index contributed by atoms with van der Waals surface area (Å²) in [6, 6.07) is 13.9. The van der Waals surface area contributed by atoms with Crippen molar-refractivity contribution in [2.24, 2.45) is 0 Å². The summed E-state index contributed by atoms with van der Waals surface area (Å²) >= 11 is 6.08. The van der Waals surface area contributed by atoms with E-state index in [4.69, 9.17) is 11.6 Å². The van der Waals surface area contributed by atoms with Crippen LogP contribution in [0.1, 0.15) is 33.1 Å². The van der Waals surface area contributed by atoms with Crippen LogP contribution in [0.25, 0.3) is 0 Å². The number of hydrogen-bond donors (Lipinski definition) is 2. The second-order valence-electron chi connectivity index (χ2n) is 5.20. The van der Waals surface area contributed by atoms with Crippen molar-refractivity contribution in [1.82, 2.24) is 10.6 Å². The highest BCUT2D eigenvalue weighted by atomic mass is 35.5. The third-order valence-electron chi connectivity index (χ3n) is 3.86. The van der Waals surface area contributed by atoms with E-state index in [0.717, 1.165) is 35.2 Å². The first-order chi connectivity index (χ1) is 10.2. The van der Waals surface area contributed by atoms with E-state index >= 15 is 0 Å². The Balaban J connectivity index is 2.02. The molecule has 1 aliphatic heterocycles. The van der Waals surface area contributed by atoms with Crippen molar-refractivity contribution in [2.45, 2.75) is 12.5 Å². The summed E-state index contributed by atoms with van der Waals surface area (Å²) in [6.45, 7) is 0.717. The third-order valence-corrected chi connectivity index (χ3v) is 4.10. The lowest BCUT2D eigenvalue weighted by Crippen LogP contribution is -2.32. The molecule has 0 aliphatic carbocycles. The van der Waals surface area contributed by atoms with E-state index in [-0.39, 0.29) is 11.9 Å². The minimum atomic E-state index is 0.0130. The molecule has 0 saturated heterocycles. The molecule has 2 N–H and O–H groups in total. The maximum Gasteiger partial charge on any atom is 0.251 e. The molecule has 3 rings (SSSR count). The van der Waals surface area contributed by atoms with Crippen LogP contribution in [0, 0.1) is 0 Å². The number of hydrogen-bond acceptors (Lipinski definition) is 2. The van der Waals surface area contributed by atoms with Crippen molar-refractivity contribution >= 4 is 17.5 Å². The van der Waals surface area contributed by atoms with Crippen molar-refractivity contribution < 1.29 is 4.79 Å². The number of amides is 1. The summed E-state index contributed by atoms with van der Waals surface area (Å²) in [5, 5.41) is 6.90. The number of fused-ring (bicyclic) bond motifs is 1. The minimum Gasteiger partial charge on any atom is -0.352 e. The van der Waals surface area contributed by atoms with Crippen molar-refractivity contribution in [2.75, 3.05) is 13.6 Å². The van der Waals surface area contributed by atoms with Crippen LogP contribution in [0.2, 0.25) is 5.02 Å². The van der Waals surface area contributed by atoms with Gasteiger partial charge >= 0.3 is 0 Å². The Labute approximate surface area is 129 Å². The maximum atomic E-state index is 12.0. The molecule has 0 saturated carbocycles. The zero-order valence-electron chi connectivity index (χ0n) is 11.8. The van der Waals surface area contributed by atoms with E-state index in [9.17, 15) is 4.79 Å². The van der Waals surface area contributed by atoms with Crippen LogP contribution >= 0.6 is 11.6 Å². The van der Waals surface area contributed by atoms with Gasteiger partial charge in [0.2, 0.25) is 0 Å². The molecule has 0 radical (unpaired) electrons. The average Bonchev–Trinajstić information content (AvgIpc) is 2.49. The lowest BCUT2D eigenvalue weighted by Gasteiger charge is -2.21. The van der Waals surface area contributed by atoms with Crippen LogP contribution in [0.5, 0.6) is 0 Å². The Hall–Kier alpha value is -1.84. The van der Waals surface area contributed by atoms with Gasteiger partial charge in [0.1, 0.15) is 0 Å². The van der Waals surface area contributed by atoms with Gasteiger partial charge in [-0.1, -0.05) is 35.9 Å². The van der Waals surface area contributed by atoms with E-state index < -0.39 is 0 Å². The first kappa shape index (κ1) is 14.1. The van der Waals surface area contributed by atoms with Gasteiger partial charge in [-0.25, -0.2) is 0 Å². The first-order valence-electron chi connectivity index (χ1n) is 7.03. The predicted octanol–water partition coefficient (Wildman–Crippen LogP) is 2.93. The number of carbonyl (C=O) groups excluding carboxylic acids is 1. The molecule has 1 atom stereocenters. The molecule has 108 valence electrons. The quantitative estimate of drug-likeness (QED) is 0.915. The lowest BCUT2D eigenvalue weighted by atomic mass is 9.92. The van der Waals surface area contributed by atoms with Gasteiger partial charge < -0.3 is 10.6 Å². The maximum absolute atomic E-state index is 12.0. The molecule has 21 heavy (non-hydrogen) atoms. The van der Waals surface area contributed by atoms with Crippen LogP contribution in [-0.2, 0) is 6.42 Å². The lowest BCUT2D eigenvalue weighted by molar-refractivity contribution is 0.0946. The number of benzene rings is 2. The van der Waals surface area contributed by atoms with Crippen molar-refractivity contribution in [3.05, 3.63) is 69.7 Å². The topological polar surface area (TPSA) is 41.1 Å². The van der Waals surface area contributed by atoms with E-state index in [1.54, 1.807) is 0 Å². The van der Waals surface area contributed by atoms with Crippen LogP contribution in [-0.4, -0.2) is 19.5 Å². The van der Waals surface area contributed by atoms with Gasteiger partial charge in [-0.2, -0.15) is 0 Å². The molecule has 0 fully saturated rings. The molecule has 1 amide bonds. The summed E-state index contributed by atoms with van der Waals surface area (Å²) in [5.74, 6) is 0.0130. The molecule has 0 aromatic heterocycles. The van der Waals surface area contributed by atoms with Gasteiger partial charge in [0.15, 0.2) is 0 Å². The standard InChI is InChI=1S/C17H17ClN2O/c1-19-16(12-3-2-4-14(18)9-12)13-6-5-11-7-8-20-17(21)15(11)10-13/h2-6,9-10,16,19H,7-8H2,1H3,(H,20,21). The molecular formula is C17H17ClN2O. The fraction of sp³-hybridized carbons (Fsp3) is 0.235. The molecular weight excluding hydrogens is 284 g/mol. The summed E-state index contributed by atoms with van der Waals surface area (Å²) in [5.41, 5.74) is 4.04. The van der Waals surface area contributed by atoms with Gasteiger partial charge in [-0.15, -0.1) is 0 Å². The Morgan fingerprint density at radius 2 is 2.00 bits per heavy atom. The van der Waals surface area contributed by atoms with Gasteiger partial charge in [0.25, 0.3) is 5.91 Å². The molecule has 0 bridgehead atoms. The summed E-state index contributed by atoms with van der Waals surface area (Å²) < 4.78 is 0. The molecule has 1 heterocycles. The number of halogens is 1. The largest absolute Gasteiger partial charge is 0.352 e. The summed E-state index contributed by atoms with van der Waals surface area (Å²) in [7, 11) is 1.91. The smallest absolute Gasteiger partial charge is 0.251 e. The van der Waals surface area contributed by atoms with Gasteiger partial charge in [0.05, 0.1) is 6.04 Å². The summed E-state index contributed by atoms with van der Waals surface area (Å²) in [6.07, 6.45) is 0.892. The van der Waals surface area contributed by atoms with Crippen LogP contribution in [0.15, 0.2) is 42.5 Å². The van der Waals surface area contributed by atoms with Crippen molar-refractivity contribution in [3.8, 4) is 0 Å². The highest BCUT2D eigenvalue weighted by Crippen LogP contribution is 2.26.